The van der Waals surface area contributed by atoms with E-state index in [0.717, 1.165) is 31.6 Å². The lowest BCUT2D eigenvalue weighted by Crippen LogP contribution is -2.17. The van der Waals surface area contributed by atoms with Crippen molar-refractivity contribution in [2.75, 3.05) is 0 Å². The second-order valence-corrected chi connectivity index (χ2v) is 6.53. The number of unbranched alkanes of at least 4 members (excludes halogenated alkanes) is 2. The van der Waals surface area contributed by atoms with Gasteiger partial charge in [0.1, 0.15) is 0 Å². The highest BCUT2D eigenvalue weighted by atomic mass is 16.5. The van der Waals surface area contributed by atoms with E-state index in [1.54, 1.807) is 5.48 Å². The van der Waals surface area contributed by atoms with Gasteiger partial charge < -0.3 is 0 Å². The number of amides is 1. The van der Waals surface area contributed by atoms with Crippen LogP contribution in [0.3, 0.4) is 0 Å². The van der Waals surface area contributed by atoms with Gasteiger partial charge in [-0.3, -0.25) is 10.0 Å². The summed E-state index contributed by atoms with van der Waals surface area (Å²) < 4.78 is 0. The van der Waals surface area contributed by atoms with E-state index in [9.17, 15) is 4.79 Å². The zero-order valence-electron chi connectivity index (χ0n) is 13.5. The molecule has 0 unspecified atom stereocenters. The highest BCUT2D eigenvalue weighted by molar-refractivity contribution is 5.74. The van der Waals surface area contributed by atoms with Gasteiger partial charge >= 0.3 is 0 Å². The molecule has 3 nitrogen and oxygen atoms in total. The fourth-order valence-corrected chi connectivity index (χ4v) is 3.42. The molecule has 1 amide bonds. The molecule has 1 fully saturated rings. The lowest BCUT2D eigenvalue weighted by atomic mass is 9.91. The molecule has 0 saturated heterocycles. The molecule has 0 radical (unpaired) electrons. The maximum atomic E-state index is 10.9. The van der Waals surface area contributed by atoms with Gasteiger partial charge in [-0.05, 0) is 49.1 Å². The minimum Gasteiger partial charge on any atom is -0.289 e. The lowest BCUT2D eigenvalue weighted by Gasteiger charge is -2.15. The average molecular weight is 303 g/mol. The van der Waals surface area contributed by atoms with Crippen LogP contribution in [0.15, 0.2) is 24.3 Å². The molecule has 0 aromatic heterocycles. The second kappa shape index (κ2) is 9.62. The Labute approximate surface area is 134 Å². The van der Waals surface area contributed by atoms with E-state index in [-0.39, 0.29) is 5.91 Å². The summed E-state index contributed by atoms with van der Waals surface area (Å²) in [5, 5.41) is 8.42. The molecule has 1 saturated carbocycles. The van der Waals surface area contributed by atoms with Crippen molar-refractivity contribution in [3.8, 4) is 0 Å². The first-order valence-electron chi connectivity index (χ1n) is 8.81. The van der Waals surface area contributed by atoms with Gasteiger partial charge in [0, 0.05) is 6.42 Å². The number of carbonyl (C=O) groups excluding carboxylic acids is 1. The van der Waals surface area contributed by atoms with Crippen LogP contribution in [0, 0.1) is 0 Å². The molecule has 1 aromatic rings. The second-order valence-electron chi connectivity index (χ2n) is 6.53. The van der Waals surface area contributed by atoms with Gasteiger partial charge in [-0.2, -0.15) is 0 Å². The largest absolute Gasteiger partial charge is 0.289 e. The standard InChI is InChI=1S/C19H29NO2/c21-19(20-22)11-7-3-4-8-16-12-14-18(15-13-16)17-9-5-1-2-6-10-17/h12-15,17,22H,1-11H2,(H,20,21). The Morgan fingerprint density at radius 1 is 1.00 bits per heavy atom. The number of aryl methyl sites for hydroxylation is 1. The summed E-state index contributed by atoms with van der Waals surface area (Å²) in [5.41, 5.74) is 4.59. The number of carbonyl (C=O) groups is 1. The molecule has 1 aliphatic carbocycles. The first-order valence-corrected chi connectivity index (χ1v) is 8.81. The van der Waals surface area contributed by atoms with E-state index in [1.807, 2.05) is 0 Å². The highest BCUT2D eigenvalue weighted by Gasteiger charge is 2.13. The van der Waals surface area contributed by atoms with Gasteiger partial charge in [-0.1, -0.05) is 56.4 Å². The van der Waals surface area contributed by atoms with E-state index in [4.69, 9.17) is 5.21 Å². The van der Waals surface area contributed by atoms with Crippen molar-refractivity contribution in [2.24, 2.45) is 0 Å². The zero-order valence-corrected chi connectivity index (χ0v) is 13.5. The van der Waals surface area contributed by atoms with Crippen LogP contribution in [0.5, 0.6) is 0 Å². The van der Waals surface area contributed by atoms with Crippen molar-refractivity contribution in [2.45, 2.75) is 76.5 Å². The van der Waals surface area contributed by atoms with Crippen LogP contribution < -0.4 is 5.48 Å². The predicted molar refractivity (Wildman–Crippen MR) is 89.0 cm³/mol. The van der Waals surface area contributed by atoms with E-state index in [0.29, 0.717) is 6.42 Å². The zero-order chi connectivity index (χ0) is 15.6. The Morgan fingerprint density at radius 2 is 1.68 bits per heavy atom. The first-order chi connectivity index (χ1) is 10.8. The van der Waals surface area contributed by atoms with Gasteiger partial charge in [0.2, 0.25) is 5.91 Å². The van der Waals surface area contributed by atoms with Gasteiger partial charge in [0.25, 0.3) is 0 Å². The van der Waals surface area contributed by atoms with Gasteiger partial charge in [0.05, 0.1) is 0 Å². The summed E-state index contributed by atoms with van der Waals surface area (Å²) in [6.45, 7) is 0. The first kappa shape index (κ1) is 17.0. The van der Waals surface area contributed by atoms with Crippen molar-refractivity contribution in [1.29, 1.82) is 0 Å². The third kappa shape index (κ3) is 5.80. The normalized spacial score (nSPS) is 16.2. The Kier molecular flexibility index (Phi) is 7.44. The molecule has 0 heterocycles. The topological polar surface area (TPSA) is 49.3 Å². The molecule has 2 N–H and O–H groups in total. The molecule has 0 aliphatic heterocycles. The van der Waals surface area contributed by atoms with Crippen LogP contribution in [0.2, 0.25) is 0 Å². The Bertz CT molecular complexity index is 433. The maximum absolute atomic E-state index is 10.9. The quantitative estimate of drug-likeness (QED) is 0.331. The minimum absolute atomic E-state index is 0.284. The summed E-state index contributed by atoms with van der Waals surface area (Å²) in [7, 11) is 0. The summed E-state index contributed by atoms with van der Waals surface area (Å²) in [6.07, 6.45) is 12.7. The number of hydrogen-bond donors (Lipinski definition) is 2. The Balaban J connectivity index is 1.71. The number of rotatable bonds is 7. The molecule has 0 bridgehead atoms. The van der Waals surface area contributed by atoms with E-state index in [2.05, 4.69) is 24.3 Å². The Hall–Kier alpha value is -1.35. The van der Waals surface area contributed by atoms with Crippen LogP contribution in [0.4, 0.5) is 0 Å². The van der Waals surface area contributed by atoms with Crippen LogP contribution in [-0.4, -0.2) is 11.1 Å². The van der Waals surface area contributed by atoms with Crippen molar-refractivity contribution in [3.05, 3.63) is 35.4 Å². The summed E-state index contributed by atoms with van der Waals surface area (Å²) in [4.78, 5) is 10.9. The minimum atomic E-state index is -0.284. The van der Waals surface area contributed by atoms with Crippen molar-refractivity contribution >= 4 is 5.91 Å². The Morgan fingerprint density at radius 3 is 2.32 bits per heavy atom. The molecular formula is C19H29NO2. The van der Waals surface area contributed by atoms with E-state index >= 15 is 0 Å². The predicted octanol–water partition coefficient (Wildman–Crippen LogP) is 4.73. The molecule has 22 heavy (non-hydrogen) atoms. The van der Waals surface area contributed by atoms with Crippen molar-refractivity contribution in [3.63, 3.8) is 0 Å². The van der Waals surface area contributed by atoms with Crippen molar-refractivity contribution < 1.29 is 10.0 Å². The monoisotopic (exact) mass is 303 g/mol. The van der Waals surface area contributed by atoms with E-state index in [1.165, 1.54) is 49.7 Å². The molecule has 1 aliphatic rings. The molecule has 1 aromatic carbocycles. The number of hydroxylamine groups is 1. The third-order valence-electron chi connectivity index (χ3n) is 4.80. The summed E-state index contributed by atoms with van der Waals surface area (Å²) >= 11 is 0. The number of hydrogen-bond acceptors (Lipinski definition) is 2. The lowest BCUT2D eigenvalue weighted by molar-refractivity contribution is -0.129. The fraction of sp³-hybridized carbons (Fsp3) is 0.632. The van der Waals surface area contributed by atoms with Gasteiger partial charge in [-0.15, -0.1) is 0 Å². The fourth-order valence-electron chi connectivity index (χ4n) is 3.42. The molecule has 0 atom stereocenters. The third-order valence-corrected chi connectivity index (χ3v) is 4.80. The van der Waals surface area contributed by atoms with Gasteiger partial charge in [-0.25, -0.2) is 5.48 Å². The maximum Gasteiger partial charge on any atom is 0.243 e. The SMILES string of the molecule is O=C(CCCCCc1ccc(C2CCCCCC2)cc1)NO. The van der Waals surface area contributed by atoms with Crippen LogP contribution >= 0.6 is 0 Å². The molecular weight excluding hydrogens is 274 g/mol. The molecule has 0 spiro atoms. The summed E-state index contributed by atoms with van der Waals surface area (Å²) in [5.74, 6) is 0.487. The van der Waals surface area contributed by atoms with Crippen molar-refractivity contribution in [1.82, 2.24) is 5.48 Å². The van der Waals surface area contributed by atoms with Crippen LogP contribution in [0.25, 0.3) is 0 Å². The van der Waals surface area contributed by atoms with E-state index < -0.39 is 0 Å². The van der Waals surface area contributed by atoms with Gasteiger partial charge in [0.15, 0.2) is 0 Å². The van der Waals surface area contributed by atoms with Crippen LogP contribution in [0.1, 0.15) is 81.3 Å². The smallest absolute Gasteiger partial charge is 0.243 e. The molecule has 3 heteroatoms. The number of benzene rings is 1. The van der Waals surface area contributed by atoms with Crippen LogP contribution in [-0.2, 0) is 11.2 Å². The summed E-state index contributed by atoms with van der Waals surface area (Å²) in [6, 6.07) is 9.20. The number of nitrogens with one attached hydrogen (secondary N) is 1. The average Bonchev–Trinajstić information content (AvgIpc) is 2.84. The highest BCUT2D eigenvalue weighted by Crippen LogP contribution is 2.31. The molecule has 122 valence electrons. The molecule has 2 rings (SSSR count).